The standard InChI is InChI=1S/C46H67N13O7.5C2HF3O2/c1-31(60)52-44(65)36(15-19-51-46(47)48)55-45(66)37-29-40(61)49-18-8-12-35(53-37)43(64)50-20-24-57-27-25-56(26-28-57)21-7-6-9-32-16-22-58(23-17-32)30-41(62)59-38-13-4-2-10-33(38)42(63)54-34-11-3-5-14-39(34)59;5*3-2(4,5)1(6)7/h2-5,10-11,13-14,32,35-37,53H,6-9,12,15-30H2,1H3,(H,49,61)(H,50,64)(H,54,63)(H,55,66)(H4,47,48,51)(H,52,60,65);5*(H,6,7)/t35-,36-,37-;;;;;/m0...../s1. The highest BCUT2D eigenvalue weighted by Gasteiger charge is 2.42. The van der Waals surface area contributed by atoms with Gasteiger partial charge in [0.25, 0.3) is 5.91 Å². The molecule has 0 spiro atoms. The number of carbonyl (C=O) groups excluding carboxylic acids is 7. The average Bonchev–Trinajstić information content (AvgIpc) is 1.68. The van der Waals surface area contributed by atoms with E-state index >= 15 is 0 Å². The summed E-state index contributed by atoms with van der Waals surface area (Å²) in [6, 6.07) is 11.6. The van der Waals surface area contributed by atoms with Crippen molar-refractivity contribution < 1.29 is 149 Å². The van der Waals surface area contributed by atoms with Crippen LogP contribution in [0, 0.1) is 5.92 Å². The number of nitrogens with one attached hydrogen (secondary N) is 6. The van der Waals surface area contributed by atoms with Crippen molar-refractivity contribution in [2.45, 2.75) is 114 Å². The minimum atomic E-state index is -5.08. The molecule has 0 aromatic heterocycles. The first-order chi connectivity index (χ1) is 46.6. The lowest BCUT2D eigenvalue weighted by Crippen LogP contribution is -2.58. The van der Waals surface area contributed by atoms with Crippen LogP contribution in [0.1, 0.15) is 75.1 Å². The zero-order valence-corrected chi connectivity index (χ0v) is 53.0. The van der Waals surface area contributed by atoms with Crippen molar-refractivity contribution >= 4 is 94.2 Å². The number of anilines is 3. The van der Waals surface area contributed by atoms with Gasteiger partial charge in [0, 0.05) is 59.3 Å². The van der Waals surface area contributed by atoms with Gasteiger partial charge in [0.15, 0.2) is 5.96 Å². The Bertz CT molecular complexity index is 3020. The smallest absolute Gasteiger partial charge is 0.475 e. The van der Waals surface area contributed by atoms with Gasteiger partial charge in [-0.3, -0.25) is 63.9 Å². The number of carboxylic acids is 5. The number of hydrogen-bond donors (Lipinski definition) is 13. The Kier molecular flexibility index (Phi) is 37.0. The van der Waals surface area contributed by atoms with Crippen LogP contribution in [0.2, 0.25) is 0 Å². The zero-order chi connectivity index (χ0) is 77.4. The van der Waals surface area contributed by atoms with E-state index in [4.69, 9.17) is 61.0 Å². The normalized spacial score (nSPS) is 17.2. The number of aliphatic imine (C=N–C) groups is 1. The predicted octanol–water partition coefficient (Wildman–Crippen LogP) is 3.14. The van der Waals surface area contributed by atoms with Gasteiger partial charge in [-0.15, -0.1) is 0 Å². The van der Waals surface area contributed by atoms with Crippen LogP contribution in [0.3, 0.4) is 0 Å². The van der Waals surface area contributed by atoms with Crippen LogP contribution in [0.4, 0.5) is 82.9 Å². The van der Waals surface area contributed by atoms with Gasteiger partial charge in [-0.05, 0) is 88.3 Å². The van der Waals surface area contributed by atoms with E-state index in [1.54, 1.807) is 11.0 Å². The van der Waals surface area contributed by atoms with E-state index < -0.39 is 96.6 Å². The van der Waals surface area contributed by atoms with Crippen molar-refractivity contribution in [1.29, 1.82) is 0 Å². The highest BCUT2D eigenvalue weighted by atomic mass is 19.4. The maximum absolute atomic E-state index is 13.9. The molecule has 45 heteroatoms. The number of likely N-dealkylation sites (tertiary alicyclic amines) is 1. The van der Waals surface area contributed by atoms with Crippen LogP contribution in [-0.4, -0.2) is 245 Å². The number of hydrogen-bond acceptors (Lipinski definition) is 17. The third-order valence-electron chi connectivity index (χ3n) is 13.9. The number of fused-ring (bicyclic) bond motifs is 2. The Morgan fingerprint density at radius 3 is 1.54 bits per heavy atom. The largest absolute Gasteiger partial charge is 0.490 e. The summed E-state index contributed by atoms with van der Waals surface area (Å²) in [6.07, 6.45) is -19.2. The summed E-state index contributed by atoms with van der Waals surface area (Å²) >= 11 is 0. The molecular formula is C56H72F15N13O17. The number of halogens is 15. The van der Waals surface area contributed by atoms with Gasteiger partial charge in [0.1, 0.15) is 6.04 Å². The molecule has 4 heterocycles. The van der Waals surface area contributed by atoms with Gasteiger partial charge in [0.05, 0.1) is 47.7 Å². The summed E-state index contributed by atoms with van der Waals surface area (Å²) in [6.45, 7) is 9.42. The van der Waals surface area contributed by atoms with Crippen molar-refractivity contribution in [3.05, 3.63) is 54.1 Å². The quantitative estimate of drug-likeness (QED) is 0.0468. The second-order valence-electron chi connectivity index (χ2n) is 21.6. The molecule has 4 aliphatic heterocycles. The molecule has 3 fully saturated rings. The van der Waals surface area contributed by atoms with Gasteiger partial charge < -0.3 is 63.2 Å². The van der Waals surface area contributed by atoms with E-state index in [2.05, 4.69) is 51.6 Å². The molecule has 0 saturated carbocycles. The molecule has 15 N–H and O–H groups in total. The van der Waals surface area contributed by atoms with Gasteiger partial charge in [-0.1, -0.05) is 37.1 Å². The molecular weight excluding hydrogens is 1410 g/mol. The number of unbranched alkanes of at least 4 members (excludes halogenated alkanes) is 1. The fourth-order valence-electron chi connectivity index (χ4n) is 9.06. The van der Waals surface area contributed by atoms with Gasteiger partial charge >= 0.3 is 60.7 Å². The molecule has 0 unspecified atom stereocenters. The van der Waals surface area contributed by atoms with Crippen LogP contribution in [0.25, 0.3) is 0 Å². The molecule has 3 atom stereocenters. The monoisotopic (exact) mass is 1480 g/mol. The Morgan fingerprint density at radius 2 is 1.07 bits per heavy atom. The van der Waals surface area contributed by atoms with E-state index in [0.29, 0.717) is 67.6 Å². The second kappa shape index (κ2) is 41.8. The topological polar surface area (TPSA) is 456 Å². The fraction of sp³-hybridized carbons (Fsp3) is 0.554. The van der Waals surface area contributed by atoms with Crippen LogP contribution >= 0.6 is 0 Å². The highest BCUT2D eigenvalue weighted by molar-refractivity contribution is 6.18. The minimum Gasteiger partial charge on any atom is -0.475 e. The summed E-state index contributed by atoms with van der Waals surface area (Å²) in [5.41, 5.74) is 13.2. The van der Waals surface area contributed by atoms with Crippen LogP contribution in [0.15, 0.2) is 53.5 Å². The fourth-order valence-corrected chi connectivity index (χ4v) is 9.06. The van der Waals surface area contributed by atoms with E-state index in [1.165, 1.54) is 13.3 Å². The molecule has 30 nitrogen and oxygen atoms in total. The summed E-state index contributed by atoms with van der Waals surface area (Å²) in [7, 11) is 0. The third-order valence-corrected chi connectivity index (χ3v) is 13.9. The molecule has 2 aromatic carbocycles. The number of amides is 7. The molecule has 0 aliphatic carbocycles. The van der Waals surface area contributed by atoms with Crippen LogP contribution in [0.5, 0.6) is 0 Å². The third kappa shape index (κ3) is 35.8. The number of nitrogens with two attached hydrogens (primary N) is 2. The van der Waals surface area contributed by atoms with E-state index in [9.17, 15) is 99.4 Å². The lowest BCUT2D eigenvalue weighted by molar-refractivity contribution is -0.193. The van der Waals surface area contributed by atoms with E-state index in [-0.39, 0.29) is 49.0 Å². The van der Waals surface area contributed by atoms with Crippen molar-refractivity contribution in [2.75, 3.05) is 88.8 Å². The van der Waals surface area contributed by atoms with Crippen LogP contribution in [-0.2, 0) is 52.7 Å². The number of piperazine rings is 1. The number of imide groups is 1. The summed E-state index contributed by atoms with van der Waals surface area (Å²) in [5.74, 6) is -16.3. The van der Waals surface area contributed by atoms with Crippen molar-refractivity contribution in [3.63, 3.8) is 0 Å². The van der Waals surface area contributed by atoms with Gasteiger partial charge in [-0.25, -0.2) is 24.0 Å². The first-order valence-electron chi connectivity index (χ1n) is 29.5. The number of guanidine groups is 1. The van der Waals surface area contributed by atoms with Gasteiger partial charge in [-0.2, -0.15) is 65.9 Å². The Balaban J connectivity index is 0.00000119. The van der Waals surface area contributed by atoms with Crippen molar-refractivity contribution in [1.82, 2.24) is 41.3 Å². The molecule has 568 valence electrons. The number of nitrogens with zero attached hydrogens (tertiary/aromatic N) is 5. The van der Waals surface area contributed by atoms with E-state index in [0.717, 1.165) is 71.5 Å². The van der Waals surface area contributed by atoms with Crippen LogP contribution < -0.4 is 48.3 Å². The first-order valence-corrected chi connectivity index (χ1v) is 29.5. The number of rotatable bonds is 17. The Morgan fingerprint density at radius 1 is 0.604 bits per heavy atom. The zero-order valence-electron chi connectivity index (χ0n) is 53.0. The maximum Gasteiger partial charge on any atom is 0.490 e. The molecule has 101 heavy (non-hydrogen) atoms. The highest BCUT2D eigenvalue weighted by Crippen LogP contribution is 2.38. The molecule has 6 rings (SSSR count). The minimum absolute atomic E-state index is 0.00381. The SMILES string of the molecule is CC(=O)NC(=O)[C@H](CCN=C(N)N)NC(=O)[C@@H]1CC(=O)NCCC[C@@H](C(=O)NCCN2CCN(CCCCC3CCN(CC(=O)N4c5ccccc5NC(=O)c5ccccc54)CC3)CC2)N1.O=C(O)C(F)(F)F.O=C(O)C(F)(F)F.O=C(O)C(F)(F)F.O=C(O)C(F)(F)F.O=C(O)C(F)(F)F. The maximum atomic E-state index is 13.9. The number of piperidine rings is 1. The molecule has 0 radical (unpaired) electrons. The number of aliphatic carboxylic acids is 5. The number of para-hydroxylation sites is 3. The number of benzene rings is 2. The number of alkyl halides is 15. The average molecular weight is 1480 g/mol. The number of carboxylic acid groups (broad SMARTS) is 5. The van der Waals surface area contributed by atoms with E-state index in [1.807, 2.05) is 42.5 Å². The molecule has 2 aromatic rings. The molecule has 3 saturated heterocycles. The summed E-state index contributed by atoms with van der Waals surface area (Å²) in [5, 5.41) is 52.2. The summed E-state index contributed by atoms with van der Waals surface area (Å²) < 4.78 is 159. The van der Waals surface area contributed by atoms with Crippen molar-refractivity contribution in [3.8, 4) is 0 Å². The Hall–Kier alpha value is -9.66. The first kappa shape index (κ1) is 89.4. The molecule has 0 bridgehead atoms. The lowest BCUT2D eigenvalue weighted by Gasteiger charge is -2.35. The second-order valence-corrected chi connectivity index (χ2v) is 21.6. The van der Waals surface area contributed by atoms with Crippen molar-refractivity contribution in [2.24, 2.45) is 22.4 Å². The number of carbonyl (C=O) groups is 12. The summed E-state index contributed by atoms with van der Waals surface area (Å²) in [4.78, 5) is 148. The Labute approximate surface area is 562 Å². The molecule has 7 amide bonds. The predicted molar refractivity (Wildman–Crippen MR) is 319 cm³/mol. The molecule has 4 aliphatic rings. The lowest BCUT2D eigenvalue weighted by atomic mass is 9.91. The van der Waals surface area contributed by atoms with Gasteiger partial charge in [0.2, 0.25) is 35.4 Å².